The largest absolute Gasteiger partial charge is 0.459 e. The fourth-order valence-corrected chi connectivity index (χ4v) is 4.32. The molecule has 0 saturated carbocycles. The van der Waals surface area contributed by atoms with Crippen molar-refractivity contribution < 1.29 is 12.8 Å². The minimum Gasteiger partial charge on any atom is -0.459 e. The molecule has 3 aromatic rings. The summed E-state index contributed by atoms with van der Waals surface area (Å²) < 4.78 is 30.5. The van der Waals surface area contributed by atoms with Gasteiger partial charge in [-0.05, 0) is 31.5 Å². The summed E-state index contributed by atoms with van der Waals surface area (Å²) in [5.74, 6) is 1.55. The zero-order valence-corrected chi connectivity index (χ0v) is 16.9. The second kappa shape index (κ2) is 8.93. The van der Waals surface area contributed by atoms with Gasteiger partial charge in [0.05, 0.1) is 17.2 Å². The van der Waals surface area contributed by atoms with E-state index in [0.29, 0.717) is 30.4 Å². The Morgan fingerprint density at radius 2 is 1.75 bits per heavy atom. The maximum Gasteiger partial charge on any atom is 0.191 e. The van der Waals surface area contributed by atoms with Crippen LogP contribution in [-0.4, -0.2) is 33.7 Å². The van der Waals surface area contributed by atoms with Gasteiger partial charge in [0.1, 0.15) is 11.3 Å². The summed E-state index contributed by atoms with van der Waals surface area (Å²) in [5, 5.41) is 7.47. The lowest BCUT2D eigenvalue weighted by molar-refractivity contribution is 0.534. The number of furan rings is 1. The Kier molecular flexibility index (Phi) is 6.36. The highest BCUT2D eigenvalue weighted by Gasteiger charge is 2.13. The number of sulfone groups is 1. The molecule has 0 atom stereocenters. The van der Waals surface area contributed by atoms with Crippen LogP contribution in [0.5, 0.6) is 0 Å². The fourth-order valence-electron chi connectivity index (χ4n) is 2.99. The van der Waals surface area contributed by atoms with Crippen LogP contribution in [0.1, 0.15) is 17.7 Å². The van der Waals surface area contributed by atoms with Crippen LogP contribution in [0, 0.1) is 6.92 Å². The maximum atomic E-state index is 12.3. The first-order valence-corrected chi connectivity index (χ1v) is 10.9. The average Bonchev–Trinajstić information content (AvgIpc) is 3.04. The molecule has 2 aromatic carbocycles. The number of fused-ring (bicyclic) bond motifs is 1. The molecule has 0 aliphatic heterocycles. The third kappa shape index (κ3) is 4.72. The average molecular weight is 400 g/mol. The van der Waals surface area contributed by atoms with E-state index in [1.54, 1.807) is 37.4 Å². The van der Waals surface area contributed by atoms with Gasteiger partial charge in [-0.1, -0.05) is 36.4 Å². The van der Waals surface area contributed by atoms with Crippen molar-refractivity contribution in [1.29, 1.82) is 0 Å². The van der Waals surface area contributed by atoms with Crippen LogP contribution in [0.4, 0.5) is 0 Å². The van der Waals surface area contributed by atoms with Crippen molar-refractivity contribution in [3.8, 4) is 0 Å². The Hall–Kier alpha value is -2.80. The number of aryl methyl sites for hydroxylation is 1. The van der Waals surface area contributed by atoms with E-state index in [9.17, 15) is 8.42 Å². The van der Waals surface area contributed by atoms with Gasteiger partial charge in [0.25, 0.3) is 0 Å². The van der Waals surface area contributed by atoms with Crippen LogP contribution in [0.3, 0.4) is 0 Å². The first-order chi connectivity index (χ1) is 13.5. The van der Waals surface area contributed by atoms with E-state index in [4.69, 9.17) is 4.42 Å². The summed E-state index contributed by atoms with van der Waals surface area (Å²) in [6, 6.07) is 16.5. The van der Waals surface area contributed by atoms with Gasteiger partial charge in [-0.25, -0.2) is 8.42 Å². The van der Waals surface area contributed by atoms with Crippen molar-refractivity contribution >= 4 is 26.8 Å². The van der Waals surface area contributed by atoms with Gasteiger partial charge in [0.2, 0.25) is 0 Å². The summed E-state index contributed by atoms with van der Waals surface area (Å²) in [5.41, 5.74) is 1.97. The summed E-state index contributed by atoms with van der Waals surface area (Å²) in [4.78, 5) is 4.54. The van der Waals surface area contributed by atoms with Crippen LogP contribution in [-0.2, 0) is 16.4 Å². The highest BCUT2D eigenvalue weighted by Crippen LogP contribution is 2.24. The molecular formula is C21H25N3O3S. The molecule has 0 radical (unpaired) electrons. The van der Waals surface area contributed by atoms with Crippen LogP contribution in [0.25, 0.3) is 11.0 Å². The van der Waals surface area contributed by atoms with Gasteiger partial charge in [-0.3, -0.25) is 4.99 Å². The van der Waals surface area contributed by atoms with Crippen LogP contribution in [0.15, 0.2) is 68.9 Å². The number of rotatable bonds is 7. The molecule has 0 aliphatic carbocycles. The van der Waals surface area contributed by atoms with Gasteiger partial charge < -0.3 is 15.1 Å². The second-order valence-electron chi connectivity index (χ2n) is 6.48. The van der Waals surface area contributed by atoms with Crippen LogP contribution in [0.2, 0.25) is 0 Å². The number of nitrogens with one attached hydrogen (secondary N) is 2. The number of nitrogens with zero attached hydrogens (tertiary/aromatic N) is 1. The SMILES string of the molecule is CN=C(NCCCS(=O)(=O)c1ccccc1)NCc1oc2ccccc2c1C. The zero-order chi connectivity index (χ0) is 20.0. The molecule has 0 spiro atoms. The lowest BCUT2D eigenvalue weighted by atomic mass is 10.1. The molecule has 3 rings (SSSR count). The highest BCUT2D eigenvalue weighted by molar-refractivity contribution is 7.91. The summed E-state index contributed by atoms with van der Waals surface area (Å²) >= 11 is 0. The van der Waals surface area contributed by atoms with E-state index in [1.165, 1.54) is 0 Å². The van der Waals surface area contributed by atoms with Crippen molar-refractivity contribution in [2.75, 3.05) is 19.3 Å². The topological polar surface area (TPSA) is 83.7 Å². The monoisotopic (exact) mass is 399 g/mol. The Bertz CT molecular complexity index is 1060. The molecule has 1 aromatic heterocycles. The van der Waals surface area contributed by atoms with Gasteiger partial charge >= 0.3 is 0 Å². The van der Waals surface area contributed by atoms with Gasteiger partial charge in [0, 0.05) is 24.5 Å². The van der Waals surface area contributed by atoms with E-state index in [2.05, 4.69) is 15.6 Å². The van der Waals surface area contributed by atoms with Gasteiger partial charge in [-0.2, -0.15) is 0 Å². The van der Waals surface area contributed by atoms with E-state index < -0.39 is 9.84 Å². The predicted octanol–water partition coefficient (Wildman–Crippen LogP) is 3.27. The quantitative estimate of drug-likeness (QED) is 0.362. The smallest absolute Gasteiger partial charge is 0.191 e. The normalized spacial score (nSPS) is 12.3. The van der Waals surface area contributed by atoms with E-state index in [-0.39, 0.29) is 5.75 Å². The number of hydrogen-bond donors (Lipinski definition) is 2. The van der Waals surface area contributed by atoms with Gasteiger partial charge in [-0.15, -0.1) is 0 Å². The van der Waals surface area contributed by atoms with Crippen molar-refractivity contribution in [3.05, 3.63) is 65.9 Å². The first-order valence-electron chi connectivity index (χ1n) is 9.20. The van der Waals surface area contributed by atoms with E-state index >= 15 is 0 Å². The lowest BCUT2D eigenvalue weighted by Gasteiger charge is -2.11. The third-order valence-electron chi connectivity index (χ3n) is 4.57. The summed E-state index contributed by atoms with van der Waals surface area (Å²) in [7, 11) is -1.57. The van der Waals surface area contributed by atoms with Crippen molar-refractivity contribution in [2.45, 2.75) is 24.8 Å². The first kappa shape index (κ1) is 19.9. The Morgan fingerprint density at radius 3 is 2.46 bits per heavy atom. The standard InChI is InChI=1S/C21H25N3O3S/c1-16-18-11-6-7-12-19(18)27-20(16)15-24-21(22-2)23-13-8-14-28(25,26)17-9-4-3-5-10-17/h3-7,9-12H,8,13-15H2,1-2H3,(H2,22,23,24). The molecule has 0 bridgehead atoms. The molecule has 7 heteroatoms. The molecule has 28 heavy (non-hydrogen) atoms. The summed E-state index contributed by atoms with van der Waals surface area (Å²) in [6.45, 7) is 3.04. The Morgan fingerprint density at radius 1 is 1.04 bits per heavy atom. The molecule has 0 aliphatic rings. The molecular weight excluding hydrogens is 374 g/mol. The van der Waals surface area contributed by atoms with E-state index in [1.807, 2.05) is 31.2 Å². The van der Waals surface area contributed by atoms with Crippen LogP contribution >= 0.6 is 0 Å². The summed E-state index contributed by atoms with van der Waals surface area (Å²) in [6.07, 6.45) is 0.488. The van der Waals surface area contributed by atoms with Crippen molar-refractivity contribution in [1.82, 2.24) is 10.6 Å². The number of hydrogen-bond acceptors (Lipinski definition) is 4. The zero-order valence-electron chi connectivity index (χ0n) is 16.1. The fraction of sp³-hybridized carbons (Fsp3) is 0.286. The van der Waals surface area contributed by atoms with Gasteiger partial charge in [0.15, 0.2) is 15.8 Å². The molecule has 0 fully saturated rings. The minimum absolute atomic E-state index is 0.0870. The minimum atomic E-state index is -3.26. The Labute approximate surface area is 165 Å². The molecule has 2 N–H and O–H groups in total. The lowest BCUT2D eigenvalue weighted by Crippen LogP contribution is -2.37. The molecule has 0 unspecified atom stereocenters. The third-order valence-corrected chi connectivity index (χ3v) is 6.38. The van der Waals surface area contributed by atoms with Crippen molar-refractivity contribution in [2.24, 2.45) is 4.99 Å². The molecule has 6 nitrogen and oxygen atoms in total. The highest BCUT2D eigenvalue weighted by atomic mass is 32.2. The predicted molar refractivity (Wildman–Crippen MR) is 112 cm³/mol. The number of benzene rings is 2. The number of guanidine groups is 1. The van der Waals surface area contributed by atoms with Crippen LogP contribution < -0.4 is 10.6 Å². The second-order valence-corrected chi connectivity index (χ2v) is 8.59. The number of aliphatic imine (C=N–C) groups is 1. The van der Waals surface area contributed by atoms with E-state index in [0.717, 1.165) is 22.3 Å². The molecule has 0 amide bonds. The maximum absolute atomic E-state index is 12.3. The molecule has 148 valence electrons. The Balaban J connectivity index is 1.49. The molecule has 1 heterocycles. The number of para-hydroxylation sites is 1. The molecule has 0 saturated heterocycles. The van der Waals surface area contributed by atoms with Crippen molar-refractivity contribution in [3.63, 3.8) is 0 Å².